The van der Waals surface area contributed by atoms with Crippen LogP contribution in [0.3, 0.4) is 0 Å². The standard InChI is InChI=1S/C21H15F2N5O2S2.ClH/c22-13-2-1-3-14(23)16(13)17(29)18-19(24)28-21(32-18)27-12-6-4-11(5-7-12)20(30)26-10-15-25-8-9-31-15;/h1-9H,10,24H2,(H,26,30)(H,27,28);1H. The van der Waals surface area contributed by atoms with E-state index < -0.39 is 23.0 Å². The quantitative estimate of drug-likeness (QED) is 0.310. The number of carbonyl (C=O) groups is 2. The fraction of sp³-hybridized carbons (Fsp3) is 0.0476. The SMILES string of the molecule is Cl.Nc1nc(Nc2ccc(C(=O)NCc3nccs3)cc2)sc1C(=O)c1c(F)cccc1F. The normalized spacial score (nSPS) is 10.4. The van der Waals surface area contributed by atoms with Gasteiger partial charge in [0.15, 0.2) is 5.13 Å². The molecular formula is C21H16ClF2N5O2S2. The van der Waals surface area contributed by atoms with Gasteiger partial charge in [-0.15, -0.1) is 23.7 Å². The molecule has 12 heteroatoms. The number of nitrogens with zero attached hydrogens (tertiary/aromatic N) is 2. The molecule has 2 aromatic heterocycles. The summed E-state index contributed by atoms with van der Waals surface area (Å²) in [6, 6.07) is 9.74. The average molecular weight is 508 g/mol. The van der Waals surface area contributed by atoms with E-state index in [0.29, 0.717) is 17.8 Å². The molecule has 2 heterocycles. The maximum absolute atomic E-state index is 13.9. The number of benzene rings is 2. The van der Waals surface area contributed by atoms with E-state index in [1.54, 1.807) is 30.5 Å². The number of halogens is 3. The molecular weight excluding hydrogens is 492 g/mol. The van der Waals surface area contributed by atoms with Crippen LogP contribution in [0.1, 0.15) is 30.6 Å². The Morgan fingerprint density at radius 3 is 2.39 bits per heavy atom. The van der Waals surface area contributed by atoms with E-state index >= 15 is 0 Å². The second-order valence-electron chi connectivity index (χ2n) is 6.47. The Morgan fingerprint density at radius 1 is 1.06 bits per heavy atom. The molecule has 0 atom stereocenters. The minimum Gasteiger partial charge on any atom is -0.382 e. The Hall–Kier alpha value is -3.41. The molecule has 1 amide bonds. The summed E-state index contributed by atoms with van der Waals surface area (Å²) >= 11 is 2.33. The molecule has 33 heavy (non-hydrogen) atoms. The Morgan fingerprint density at radius 2 is 1.76 bits per heavy atom. The van der Waals surface area contributed by atoms with Gasteiger partial charge in [0.2, 0.25) is 5.78 Å². The molecule has 0 saturated carbocycles. The van der Waals surface area contributed by atoms with Gasteiger partial charge in [-0.3, -0.25) is 9.59 Å². The van der Waals surface area contributed by atoms with Gasteiger partial charge in [0, 0.05) is 22.8 Å². The van der Waals surface area contributed by atoms with E-state index in [1.807, 2.05) is 5.38 Å². The molecule has 4 aromatic rings. The van der Waals surface area contributed by atoms with Gasteiger partial charge in [0.05, 0.1) is 12.1 Å². The van der Waals surface area contributed by atoms with Gasteiger partial charge in [-0.25, -0.2) is 18.7 Å². The number of aromatic nitrogens is 2. The van der Waals surface area contributed by atoms with Crippen molar-refractivity contribution in [3.8, 4) is 0 Å². The number of rotatable bonds is 7. The zero-order valence-corrected chi connectivity index (χ0v) is 19.1. The summed E-state index contributed by atoms with van der Waals surface area (Å²) in [5, 5.41) is 8.65. The number of ketones is 1. The lowest BCUT2D eigenvalue weighted by atomic mass is 10.1. The second-order valence-corrected chi connectivity index (χ2v) is 8.45. The Bertz CT molecular complexity index is 1260. The van der Waals surface area contributed by atoms with Crippen molar-refractivity contribution >= 4 is 63.4 Å². The van der Waals surface area contributed by atoms with Crippen LogP contribution in [0.15, 0.2) is 54.0 Å². The third-order valence-electron chi connectivity index (χ3n) is 4.33. The largest absolute Gasteiger partial charge is 0.382 e. The maximum atomic E-state index is 13.9. The van der Waals surface area contributed by atoms with Gasteiger partial charge in [-0.2, -0.15) is 0 Å². The van der Waals surface area contributed by atoms with Crippen LogP contribution >= 0.6 is 35.1 Å². The van der Waals surface area contributed by atoms with Crippen LogP contribution in [0, 0.1) is 11.6 Å². The highest BCUT2D eigenvalue weighted by molar-refractivity contribution is 7.18. The number of anilines is 3. The molecule has 0 spiro atoms. The van der Waals surface area contributed by atoms with Crippen LogP contribution in [0.2, 0.25) is 0 Å². The van der Waals surface area contributed by atoms with E-state index in [4.69, 9.17) is 5.73 Å². The molecule has 4 N–H and O–H groups in total. The van der Waals surface area contributed by atoms with E-state index in [9.17, 15) is 18.4 Å². The first kappa shape index (κ1) is 24.2. The van der Waals surface area contributed by atoms with E-state index in [2.05, 4.69) is 20.6 Å². The number of nitrogen functional groups attached to an aromatic ring is 1. The van der Waals surface area contributed by atoms with Gasteiger partial charge in [0.1, 0.15) is 27.3 Å². The van der Waals surface area contributed by atoms with E-state index in [-0.39, 0.29) is 34.1 Å². The molecule has 0 fully saturated rings. The molecule has 4 rings (SSSR count). The summed E-state index contributed by atoms with van der Waals surface area (Å²) in [6.07, 6.45) is 1.67. The molecule has 0 saturated heterocycles. The van der Waals surface area contributed by atoms with Crippen LogP contribution in [0.4, 0.5) is 25.4 Å². The Labute approximate surface area is 201 Å². The predicted octanol–water partition coefficient (Wildman–Crippen LogP) is 4.79. The topological polar surface area (TPSA) is 110 Å². The number of hydrogen-bond donors (Lipinski definition) is 3. The maximum Gasteiger partial charge on any atom is 0.251 e. The molecule has 0 aliphatic rings. The number of thiazole rings is 2. The lowest BCUT2D eigenvalue weighted by molar-refractivity contribution is 0.0950. The number of nitrogens with one attached hydrogen (secondary N) is 2. The molecule has 7 nitrogen and oxygen atoms in total. The van der Waals surface area contributed by atoms with Gasteiger partial charge < -0.3 is 16.4 Å². The minimum atomic E-state index is -0.971. The fourth-order valence-electron chi connectivity index (χ4n) is 2.80. The third kappa shape index (κ3) is 5.51. The molecule has 170 valence electrons. The van der Waals surface area contributed by atoms with Gasteiger partial charge in [-0.05, 0) is 36.4 Å². The van der Waals surface area contributed by atoms with Gasteiger partial charge in [0.25, 0.3) is 5.91 Å². The fourth-order valence-corrected chi connectivity index (χ4v) is 4.21. The monoisotopic (exact) mass is 507 g/mol. The zero-order chi connectivity index (χ0) is 22.7. The highest BCUT2D eigenvalue weighted by Gasteiger charge is 2.24. The van der Waals surface area contributed by atoms with E-state index in [0.717, 1.165) is 28.5 Å². The van der Waals surface area contributed by atoms with Crippen LogP contribution in [-0.4, -0.2) is 21.7 Å². The highest BCUT2D eigenvalue weighted by atomic mass is 35.5. The molecule has 0 aliphatic heterocycles. The summed E-state index contributed by atoms with van der Waals surface area (Å²) < 4.78 is 27.9. The smallest absolute Gasteiger partial charge is 0.251 e. The predicted molar refractivity (Wildman–Crippen MR) is 127 cm³/mol. The van der Waals surface area contributed by atoms with Crippen LogP contribution in [-0.2, 0) is 6.54 Å². The highest BCUT2D eigenvalue weighted by Crippen LogP contribution is 2.31. The average Bonchev–Trinajstić information content (AvgIpc) is 3.42. The molecule has 0 bridgehead atoms. The number of hydrogen-bond acceptors (Lipinski definition) is 8. The first-order valence-electron chi connectivity index (χ1n) is 9.21. The number of amides is 1. The van der Waals surface area contributed by atoms with Crippen LogP contribution in [0.5, 0.6) is 0 Å². The first-order valence-corrected chi connectivity index (χ1v) is 10.9. The van der Waals surface area contributed by atoms with Gasteiger partial charge in [-0.1, -0.05) is 17.4 Å². The lowest BCUT2D eigenvalue weighted by Crippen LogP contribution is -2.22. The molecule has 2 aromatic carbocycles. The van der Waals surface area contributed by atoms with Gasteiger partial charge >= 0.3 is 0 Å². The number of nitrogens with two attached hydrogens (primary N) is 1. The summed E-state index contributed by atoms with van der Waals surface area (Å²) in [4.78, 5) is 32.9. The molecule has 0 unspecified atom stereocenters. The Balaban J connectivity index is 0.00000306. The third-order valence-corrected chi connectivity index (χ3v) is 6.10. The van der Waals surface area contributed by atoms with Crippen LogP contribution < -0.4 is 16.4 Å². The molecule has 0 radical (unpaired) electrons. The summed E-state index contributed by atoms with van der Waals surface area (Å²) in [6.45, 7) is 0.342. The lowest BCUT2D eigenvalue weighted by Gasteiger charge is -2.06. The van der Waals surface area contributed by atoms with Crippen molar-refractivity contribution in [2.75, 3.05) is 11.1 Å². The van der Waals surface area contributed by atoms with Crippen molar-refractivity contribution in [2.45, 2.75) is 6.54 Å². The van der Waals surface area contributed by atoms with Crippen molar-refractivity contribution in [1.29, 1.82) is 0 Å². The van der Waals surface area contributed by atoms with Crippen molar-refractivity contribution in [3.05, 3.63) is 86.7 Å². The number of carbonyl (C=O) groups excluding carboxylic acids is 2. The van der Waals surface area contributed by atoms with Crippen molar-refractivity contribution in [3.63, 3.8) is 0 Å². The second kappa shape index (κ2) is 10.5. The van der Waals surface area contributed by atoms with Crippen molar-refractivity contribution in [1.82, 2.24) is 15.3 Å². The zero-order valence-electron chi connectivity index (χ0n) is 16.7. The van der Waals surface area contributed by atoms with Crippen molar-refractivity contribution in [2.24, 2.45) is 0 Å². The van der Waals surface area contributed by atoms with Crippen LogP contribution in [0.25, 0.3) is 0 Å². The van der Waals surface area contributed by atoms with Crippen molar-refractivity contribution < 1.29 is 18.4 Å². The Kier molecular flexibility index (Phi) is 7.69. The summed E-state index contributed by atoms with van der Waals surface area (Å²) in [7, 11) is 0. The first-order chi connectivity index (χ1) is 15.4. The summed E-state index contributed by atoms with van der Waals surface area (Å²) in [5.41, 5.74) is 6.17. The minimum absolute atomic E-state index is 0. The van der Waals surface area contributed by atoms with E-state index in [1.165, 1.54) is 17.4 Å². The summed E-state index contributed by atoms with van der Waals surface area (Å²) in [5.74, 6) is -3.20. The molecule has 0 aliphatic carbocycles.